The molecule has 4 nitrogen and oxygen atoms in total. The van der Waals surface area contributed by atoms with Crippen LogP contribution in [0.25, 0.3) is 22.0 Å². The molecule has 1 aromatic heterocycles. The Labute approximate surface area is 170 Å². The normalized spacial score (nSPS) is 17.3. The number of carbonyl (C=O) groups is 1. The number of aryl methyl sites for hydroxylation is 1. The van der Waals surface area contributed by atoms with Gasteiger partial charge in [-0.05, 0) is 56.9 Å². The summed E-state index contributed by atoms with van der Waals surface area (Å²) in [6.07, 6.45) is 1.67. The number of hydrogen-bond acceptors (Lipinski definition) is 4. The third-order valence-corrected chi connectivity index (χ3v) is 6.03. The van der Waals surface area contributed by atoms with E-state index >= 15 is 0 Å². The summed E-state index contributed by atoms with van der Waals surface area (Å²) in [5.74, 6) is 0. The second-order valence-electron chi connectivity index (χ2n) is 8.38. The van der Waals surface area contributed by atoms with Crippen molar-refractivity contribution in [2.24, 2.45) is 0 Å². The van der Waals surface area contributed by atoms with E-state index in [1.165, 1.54) is 21.9 Å². The molecule has 0 aliphatic carbocycles. The molecule has 28 heavy (non-hydrogen) atoms. The van der Waals surface area contributed by atoms with Crippen molar-refractivity contribution in [1.82, 2.24) is 9.88 Å². The summed E-state index contributed by atoms with van der Waals surface area (Å²) in [6, 6.07) is 12.7. The molecule has 0 N–H and O–H groups in total. The SMILES string of the molecule is Cc1ccc2ccccc2c1-c1csc([C@@H]2CCCN2C(=O)OC(C)(C)C)n1. The zero-order chi connectivity index (χ0) is 19.9. The lowest BCUT2D eigenvalue weighted by Gasteiger charge is -2.27. The molecule has 1 fully saturated rings. The first kappa shape index (κ1) is 18.9. The van der Waals surface area contributed by atoms with Crippen molar-refractivity contribution in [3.05, 3.63) is 52.3 Å². The van der Waals surface area contributed by atoms with Crippen LogP contribution in [-0.4, -0.2) is 28.1 Å². The Kier molecular flexibility index (Phi) is 4.88. The van der Waals surface area contributed by atoms with E-state index in [-0.39, 0.29) is 12.1 Å². The summed E-state index contributed by atoms with van der Waals surface area (Å²) in [5, 5.41) is 5.55. The van der Waals surface area contributed by atoms with Gasteiger partial charge < -0.3 is 4.74 Å². The summed E-state index contributed by atoms with van der Waals surface area (Å²) >= 11 is 1.64. The molecule has 1 aliphatic heterocycles. The van der Waals surface area contributed by atoms with Gasteiger partial charge in [0, 0.05) is 17.5 Å². The van der Waals surface area contributed by atoms with Crippen molar-refractivity contribution in [2.45, 2.75) is 52.2 Å². The van der Waals surface area contributed by atoms with Gasteiger partial charge in [-0.25, -0.2) is 9.78 Å². The third kappa shape index (κ3) is 3.63. The van der Waals surface area contributed by atoms with Gasteiger partial charge in [0.2, 0.25) is 0 Å². The second-order valence-corrected chi connectivity index (χ2v) is 9.27. The monoisotopic (exact) mass is 394 g/mol. The first-order valence-corrected chi connectivity index (χ1v) is 10.7. The van der Waals surface area contributed by atoms with Gasteiger partial charge in [-0.3, -0.25) is 4.90 Å². The molecule has 2 heterocycles. The standard InChI is InChI=1S/C23H26N2O2S/c1-15-11-12-16-8-5-6-9-17(16)20(15)18-14-28-21(24-18)19-10-7-13-25(19)22(26)27-23(2,3)4/h5-6,8-9,11-12,14,19H,7,10,13H2,1-4H3/t19-/m0/s1. The summed E-state index contributed by atoms with van der Waals surface area (Å²) in [4.78, 5) is 19.4. The molecular weight excluding hydrogens is 368 g/mol. The first-order valence-electron chi connectivity index (χ1n) is 9.77. The van der Waals surface area contributed by atoms with Crippen molar-refractivity contribution in [3.8, 4) is 11.3 Å². The van der Waals surface area contributed by atoms with Crippen molar-refractivity contribution >= 4 is 28.2 Å². The van der Waals surface area contributed by atoms with Gasteiger partial charge in [0.1, 0.15) is 10.6 Å². The van der Waals surface area contributed by atoms with E-state index in [4.69, 9.17) is 9.72 Å². The van der Waals surface area contributed by atoms with Crippen molar-refractivity contribution in [2.75, 3.05) is 6.54 Å². The van der Waals surface area contributed by atoms with E-state index in [0.29, 0.717) is 0 Å². The number of aromatic nitrogens is 1. The quantitative estimate of drug-likeness (QED) is 0.509. The van der Waals surface area contributed by atoms with E-state index in [2.05, 4.69) is 48.7 Å². The van der Waals surface area contributed by atoms with Crippen molar-refractivity contribution in [1.29, 1.82) is 0 Å². The Morgan fingerprint density at radius 1 is 1.21 bits per heavy atom. The minimum atomic E-state index is -0.488. The van der Waals surface area contributed by atoms with Gasteiger partial charge in [-0.2, -0.15) is 0 Å². The average molecular weight is 395 g/mol. The van der Waals surface area contributed by atoms with Gasteiger partial charge in [0.15, 0.2) is 0 Å². The molecule has 0 unspecified atom stereocenters. The molecule has 146 valence electrons. The molecule has 0 spiro atoms. The van der Waals surface area contributed by atoms with Gasteiger partial charge >= 0.3 is 6.09 Å². The topological polar surface area (TPSA) is 42.4 Å². The molecule has 1 amide bonds. The largest absolute Gasteiger partial charge is 0.444 e. The minimum Gasteiger partial charge on any atom is -0.444 e. The van der Waals surface area contributed by atoms with Crippen LogP contribution >= 0.6 is 11.3 Å². The maximum atomic E-state index is 12.6. The van der Waals surface area contributed by atoms with Crippen LogP contribution in [0, 0.1) is 6.92 Å². The molecule has 2 aromatic carbocycles. The van der Waals surface area contributed by atoms with Crippen LogP contribution in [0.15, 0.2) is 41.8 Å². The van der Waals surface area contributed by atoms with Gasteiger partial charge in [-0.15, -0.1) is 11.3 Å². The number of carbonyl (C=O) groups excluding carboxylic acids is 1. The van der Waals surface area contributed by atoms with E-state index in [1.807, 2.05) is 25.7 Å². The lowest BCUT2D eigenvalue weighted by atomic mass is 9.98. The summed E-state index contributed by atoms with van der Waals surface area (Å²) in [5.41, 5.74) is 2.90. The van der Waals surface area contributed by atoms with Crippen molar-refractivity contribution in [3.63, 3.8) is 0 Å². The molecule has 0 radical (unpaired) electrons. The van der Waals surface area contributed by atoms with Crippen molar-refractivity contribution < 1.29 is 9.53 Å². The van der Waals surface area contributed by atoms with E-state index in [9.17, 15) is 4.79 Å². The highest BCUT2D eigenvalue weighted by Gasteiger charge is 2.35. The number of hydrogen-bond donors (Lipinski definition) is 0. The van der Waals surface area contributed by atoms with Crippen LogP contribution in [0.2, 0.25) is 0 Å². The number of thiazole rings is 1. The molecule has 3 aromatic rings. The Hall–Kier alpha value is -2.40. The number of fused-ring (bicyclic) bond motifs is 1. The second kappa shape index (κ2) is 7.21. The first-order chi connectivity index (χ1) is 13.3. The number of rotatable bonds is 2. The van der Waals surface area contributed by atoms with Crippen LogP contribution < -0.4 is 0 Å². The van der Waals surface area contributed by atoms with Gasteiger partial charge in [0.05, 0.1) is 11.7 Å². The maximum absolute atomic E-state index is 12.6. The number of nitrogens with zero attached hydrogens (tertiary/aromatic N) is 2. The molecule has 5 heteroatoms. The lowest BCUT2D eigenvalue weighted by Crippen LogP contribution is -2.36. The maximum Gasteiger partial charge on any atom is 0.410 e. The highest BCUT2D eigenvalue weighted by molar-refractivity contribution is 7.10. The Morgan fingerprint density at radius 3 is 2.79 bits per heavy atom. The summed E-state index contributed by atoms with van der Waals surface area (Å²) in [7, 11) is 0. The molecule has 4 rings (SSSR count). The van der Waals surface area contributed by atoms with Crippen LogP contribution in [-0.2, 0) is 4.74 Å². The fourth-order valence-corrected chi connectivity index (χ4v) is 4.79. The highest BCUT2D eigenvalue weighted by Crippen LogP contribution is 2.38. The highest BCUT2D eigenvalue weighted by atomic mass is 32.1. The van der Waals surface area contributed by atoms with E-state index in [1.54, 1.807) is 11.3 Å². The molecule has 1 atom stereocenters. The smallest absolute Gasteiger partial charge is 0.410 e. The molecule has 0 saturated carbocycles. The number of likely N-dealkylation sites (tertiary alicyclic amines) is 1. The fourth-order valence-electron chi connectivity index (χ4n) is 3.84. The van der Waals surface area contributed by atoms with Gasteiger partial charge in [-0.1, -0.05) is 36.4 Å². The molecular formula is C23H26N2O2S. The van der Waals surface area contributed by atoms with Crippen LogP contribution in [0.4, 0.5) is 4.79 Å². The predicted molar refractivity (Wildman–Crippen MR) is 115 cm³/mol. The number of ether oxygens (including phenoxy) is 1. The summed E-state index contributed by atoms with van der Waals surface area (Å²) in [6.45, 7) is 8.56. The zero-order valence-corrected chi connectivity index (χ0v) is 17.7. The van der Waals surface area contributed by atoms with E-state index in [0.717, 1.165) is 30.1 Å². The zero-order valence-electron chi connectivity index (χ0n) is 16.9. The molecule has 0 bridgehead atoms. The van der Waals surface area contributed by atoms with E-state index < -0.39 is 5.60 Å². The molecule has 1 aliphatic rings. The fraction of sp³-hybridized carbons (Fsp3) is 0.391. The predicted octanol–water partition coefficient (Wildman–Crippen LogP) is 6.34. The Balaban J connectivity index is 1.67. The third-order valence-electron chi connectivity index (χ3n) is 5.08. The lowest BCUT2D eigenvalue weighted by molar-refractivity contribution is 0.0224. The summed E-state index contributed by atoms with van der Waals surface area (Å²) < 4.78 is 5.61. The molecule has 1 saturated heterocycles. The average Bonchev–Trinajstić information content (AvgIpc) is 3.29. The van der Waals surface area contributed by atoms with Gasteiger partial charge in [0.25, 0.3) is 0 Å². The van der Waals surface area contributed by atoms with Crippen LogP contribution in [0.1, 0.15) is 50.2 Å². The Morgan fingerprint density at radius 2 is 2.00 bits per heavy atom. The Bertz CT molecular complexity index is 1020. The van der Waals surface area contributed by atoms with Crippen LogP contribution in [0.5, 0.6) is 0 Å². The van der Waals surface area contributed by atoms with Crippen LogP contribution in [0.3, 0.4) is 0 Å². The number of amides is 1. The minimum absolute atomic E-state index is 0.00359. The number of benzene rings is 2.